The fourth-order valence-corrected chi connectivity index (χ4v) is 2.90. The Balaban J connectivity index is 1.80. The van der Waals surface area contributed by atoms with Crippen molar-refractivity contribution in [1.29, 1.82) is 0 Å². The minimum atomic E-state index is -4.13. The summed E-state index contributed by atoms with van der Waals surface area (Å²) in [5, 5.41) is 4.01. The molecule has 0 saturated carbocycles. The third-order valence-electron chi connectivity index (χ3n) is 3.12. The summed E-state index contributed by atoms with van der Waals surface area (Å²) in [5.74, 6) is -1.09. The summed E-state index contributed by atoms with van der Waals surface area (Å²) in [4.78, 5) is -0.128. The zero-order valence-corrected chi connectivity index (χ0v) is 12.8. The van der Waals surface area contributed by atoms with Crippen LogP contribution in [0.2, 0.25) is 0 Å². The molecule has 0 aliphatic carbocycles. The maximum atomic E-state index is 13.5. The first-order chi connectivity index (χ1) is 11.0. The zero-order chi connectivity index (χ0) is 16.3. The second kappa shape index (κ2) is 6.21. The van der Waals surface area contributed by atoms with Crippen LogP contribution in [-0.4, -0.2) is 18.2 Å². The minimum absolute atomic E-state index is 0.128. The lowest BCUT2D eigenvalue weighted by Crippen LogP contribution is -2.10. The van der Waals surface area contributed by atoms with Crippen molar-refractivity contribution < 1.29 is 17.0 Å². The minimum Gasteiger partial charge on any atom is -0.376 e. The monoisotopic (exact) mass is 332 g/mol. The largest absolute Gasteiger partial charge is 0.376 e. The summed E-state index contributed by atoms with van der Waals surface area (Å²) in [7, 11) is -4.13. The van der Waals surface area contributed by atoms with E-state index in [9.17, 15) is 12.8 Å². The number of benzene rings is 2. The third kappa shape index (κ3) is 3.57. The average molecular weight is 332 g/mol. The molecule has 0 saturated heterocycles. The molecule has 0 atom stereocenters. The fraction of sp³-hybridized carbons (Fsp3) is 0.0625. The highest BCUT2D eigenvalue weighted by molar-refractivity contribution is 7.87. The molecule has 23 heavy (non-hydrogen) atoms. The van der Waals surface area contributed by atoms with Crippen LogP contribution in [0.3, 0.4) is 0 Å². The molecule has 0 radical (unpaired) electrons. The van der Waals surface area contributed by atoms with Gasteiger partial charge in [-0.15, -0.1) is 0 Å². The van der Waals surface area contributed by atoms with Crippen molar-refractivity contribution >= 4 is 10.1 Å². The van der Waals surface area contributed by atoms with E-state index in [0.717, 1.165) is 11.6 Å². The maximum Gasteiger partial charge on any atom is 0.342 e. The van der Waals surface area contributed by atoms with Gasteiger partial charge in [0.05, 0.1) is 12.7 Å². The van der Waals surface area contributed by atoms with Crippen LogP contribution >= 0.6 is 0 Å². The number of hydrogen-bond acceptors (Lipinski definition) is 4. The van der Waals surface area contributed by atoms with Crippen LogP contribution in [0.5, 0.6) is 5.75 Å². The molecule has 0 N–H and O–H groups in total. The molecule has 0 unspecified atom stereocenters. The molecule has 3 aromatic rings. The highest BCUT2D eigenvalue weighted by Crippen LogP contribution is 2.21. The van der Waals surface area contributed by atoms with E-state index in [1.54, 1.807) is 0 Å². The summed E-state index contributed by atoms with van der Waals surface area (Å²) in [6, 6.07) is 14.8. The van der Waals surface area contributed by atoms with E-state index in [1.807, 2.05) is 30.3 Å². The Bertz CT molecular complexity index is 908. The Morgan fingerprint density at radius 1 is 1.04 bits per heavy atom. The summed E-state index contributed by atoms with van der Waals surface area (Å²) >= 11 is 0. The molecule has 1 aromatic heterocycles. The van der Waals surface area contributed by atoms with E-state index in [1.165, 1.54) is 35.3 Å². The van der Waals surface area contributed by atoms with Gasteiger partial charge in [-0.1, -0.05) is 42.5 Å². The number of hydrogen-bond donors (Lipinski definition) is 0. The summed E-state index contributed by atoms with van der Waals surface area (Å²) in [5.41, 5.74) is 0.981. The summed E-state index contributed by atoms with van der Waals surface area (Å²) in [6.45, 7) is 0.427. The average Bonchev–Trinajstić information content (AvgIpc) is 3.00. The number of nitrogens with zero attached hydrogens (tertiary/aromatic N) is 2. The van der Waals surface area contributed by atoms with Crippen molar-refractivity contribution in [3.63, 3.8) is 0 Å². The van der Waals surface area contributed by atoms with Gasteiger partial charge in [-0.05, 0) is 17.7 Å². The molecule has 5 nitrogen and oxygen atoms in total. The highest BCUT2D eigenvalue weighted by Gasteiger charge is 2.20. The molecule has 1 heterocycles. The van der Waals surface area contributed by atoms with Crippen molar-refractivity contribution in [3.8, 4) is 5.75 Å². The summed E-state index contributed by atoms with van der Waals surface area (Å²) < 4.78 is 44.2. The molecule has 0 spiro atoms. The molecule has 7 heteroatoms. The zero-order valence-electron chi connectivity index (χ0n) is 12.0. The first-order valence-corrected chi connectivity index (χ1v) is 8.21. The molecule has 2 aromatic carbocycles. The van der Waals surface area contributed by atoms with Gasteiger partial charge >= 0.3 is 10.1 Å². The normalized spacial score (nSPS) is 11.3. The van der Waals surface area contributed by atoms with Gasteiger partial charge in [0.2, 0.25) is 0 Å². The van der Waals surface area contributed by atoms with Gasteiger partial charge < -0.3 is 4.18 Å². The first-order valence-electron chi connectivity index (χ1n) is 6.80. The molecular formula is C16H13FN2O3S. The fourth-order valence-electron chi connectivity index (χ4n) is 2.01. The Hall–Kier alpha value is -2.67. The Labute approximate surface area is 133 Å². The lowest BCUT2D eigenvalue weighted by Gasteiger charge is -2.05. The molecular weight excluding hydrogens is 319 g/mol. The van der Waals surface area contributed by atoms with Crippen LogP contribution < -0.4 is 4.18 Å². The van der Waals surface area contributed by atoms with Gasteiger partial charge in [0.15, 0.2) is 11.6 Å². The topological polar surface area (TPSA) is 61.2 Å². The third-order valence-corrected chi connectivity index (χ3v) is 4.31. The number of aromatic nitrogens is 2. The smallest absolute Gasteiger partial charge is 0.342 e. The second-order valence-electron chi connectivity index (χ2n) is 4.83. The number of para-hydroxylation sites is 1. The predicted molar refractivity (Wildman–Crippen MR) is 82.0 cm³/mol. The van der Waals surface area contributed by atoms with E-state index in [-0.39, 0.29) is 10.6 Å². The highest BCUT2D eigenvalue weighted by atomic mass is 32.2. The van der Waals surface area contributed by atoms with Crippen molar-refractivity contribution in [1.82, 2.24) is 9.78 Å². The van der Waals surface area contributed by atoms with E-state index < -0.39 is 15.9 Å². The van der Waals surface area contributed by atoms with Crippen LogP contribution in [0.1, 0.15) is 5.56 Å². The van der Waals surface area contributed by atoms with Crippen molar-refractivity contribution in [2.75, 3.05) is 0 Å². The van der Waals surface area contributed by atoms with E-state index in [2.05, 4.69) is 5.10 Å². The molecule has 0 amide bonds. The maximum absolute atomic E-state index is 13.5. The Kier molecular flexibility index (Phi) is 4.12. The number of rotatable bonds is 5. The molecule has 0 bridgehead atoms. The Morgan fingerprint density at radius 3 is 2.48 bits per heavy atom. The SMILES string of the molecule is O=S(=O)(Oc1ccccc1F)c1cnn(Cc2ccccc2)c1. The first kappa shape index (κ1) is 15.2. The van der Waals surface area contributed by atoms with Crippen molar-refractivity contribution in [2.45, 2.75) is 11.4 Å². The second-order valence-corrected chi connectivity index (χ2v) is 6.37. The van der Waals surface area contributed by atoms with Crippen LogP contribution in [-0.2, 0) is 16.7 Å². The molecule has 0 aliphatic rings. The molecule has 0 aliphatic heterocycles. The van der Waals surface area contributed by atoms with Gasteiger partial charge in [0.25, 0.3) is 0 Å². The van der Waals surface area contributed by atoms with Crippen LogP contribution in [0.4, 0.5) is 4.39 Å². The lowest BCUT2D eigenvalue weighted by molar-refractivity contribution is 0.461. The predicted octanol–water partition coefficient (Wildman–Crippen LogP) is 2.84. The van der Waals surface area contributed by atoms with Crippen LogP contribution in [0, 0.1) is 5.82 Å². The van der Waals surface area contributed by atoms with Gasteiger partial charge in [-0.2, -0.15) is 13.5 Å². The van der Waals surface area contributed by atoms with Gasteiger partial charge in [0.1, 0.15) is 4.90 Å². The standard InChI is InChI=1S/C16H13FN2O3S/c17-15-8-4-5-9-16(15)22-23(20,21)14-10-18-19(12-14)11-13-6-2-1-3-7-13/h1-10,12H,11H2. The van der Waals surface area contributed by atoms with Crippen molar-refractivity contribution in [3.05, 3.63) is 78.4 Å². The molecule has 3 rings (SSSR count). The van der Waals surface area contributed by atoms with Gasteiger partial charge in [-0.3, -0.25) is 4.68 Å². The van der Waals surface area contributed by atoms with E-state index in [4.69, 9.17) is 4.18 Å². The van der Waals surface area contributed by atoms with Crippen LogP contribution in [0.25, 0.3) is 0 Å². The quantitative estimate of drug-likeness (QED) is 0.674. The molecule has 118 valence electrons. The van der Waals surface area contributed by atoms with Crippen LogP contribution in [0.15, 0.2) is 71.9 Å². The Morgan fingerprint density at radius 2 is 1.74 bits per heavy atom. The van der Waals surface area contributed by atoms with Crippen molar-refractivity contribution in [2.24, 2.45) is 0 Å². The molecule has 0 fully saturated rings. The number of halogens is 1. The van der Waals surface area contributed by atoms with E-state index >= 15 is 0 Å². The van der Waals surface area contributed by atoms with Gasteiger partial charge in [-0.25, -0.2) is 4.39 Å². The van der Waals surface area contributed by atoms with E-state index in [0.29, 0.717) is 6.54 Å². The lowest BCUT2D eigenvalue weighted by atomic mass is 10.2. The van der Waals surface area contributed by atoms with Gasteiger partial charge in [0, 0.05) is 6.20 Å². The summed E-state index contributed by atoms with van der Waals surface area (Å²) in [6.07, 6.45) is 2.53.